The van der Waals surface area contributed by atoms with Gasteiger partial charge in [0.15, 0.2) is 16.6 Å². The molecule has 21 heavy (non-hydrogen) atoms. The van der Waals surface area contributed by atoms with E-state index in [1.54, 1.807) is 0 Å². The van der Waals surface area contributed by atoms with Gasteiger partial charge in [-0.05, 0) is 25.4 Å². The maximum Gasteiger partial charge on any atom is 0.199 e. The summed E-state index contributed by atoms with van der Waals surface area (Å²) in [6.07, 6.45) is 0. The molecular weight excluding hydrogens is 308 g/mol. The molecule has 0 aliphatic heterocycles. The zero-order chi connectivity index (χ0) is 15.4. The lowest BCUT2D eigenvalue weighted by Crippen LogP contribution is -2.13. The number of aromatic nitrogens is 6. The summed E-state index contributed by atoms with van der Waals surface area (Å²) in [4.78, 5) is 5.20. The standard InChI is InChI=1S/C13H15ClN6S/c1-6-7(2)20-11(17-18-12(20)10(14)15-6)8-9(13(3,4)5)16-19-21-8/h1-5H3. The van der Waals surface area contributed by atoms with Crippen molar-refractivity contribution in [2.75, 3.05) is 0 Å². The van der Waals surface area contributed by atoms with Crippen LogP contribution < -0.4 is 0 Å². The van der Waals surface area contributed by atoms with Gasteiger partial charge in [-0.3, -0.25) is 4.40 Å². The molecule has 0 aromatic carbocycles. The van der Waals surface area contributed by atoms with Gasteiger partial charge >= 0.3 is 0 Å². The van der Waals surface area contributed by atoms with Gasteiger partial charge in [0, 0.05) is 11.1 Å². The smallest absolute Gasteiger partial charge is 0.199 e. The van der Waals surface area contributed by atoms with E-state index in [-0.39, 0.29) is 5.41 Å². The molecule has 3 aromatic heterocycles. The molecule has 0 saturated carbocycles. The molecule has 0 N–H and O–H groups in total. The summed E-state index contributed by atoms with van der Waals surface area (Å²) in [6.45, 7) is 10.2. The molecular formula is C13H15ClN6S. The van der Waals surface area contributed by atoms with Crippen LogP contribution in [-0.2, 0) is 5.41 Å². The Hall–Kier alpha value is -1.60. The Labute approximate surface area is 131 Å². The van der Waals surface area contributed by atoms with Crippen molar-refractivity contribution in [1.82, 2.24) is 29.2 Å². The van der Waals surface area contributed by atoms with E-state index >= 15 is 0 Å². The quantitative estimate of drug-likeness (QED) is 0.688. The maximum absolute atomic E-state index is 6.18. The lowest BCUT2D eigenvalue weighted by molar-refractivity contribution is 0.568. The summed E-state index contributed by atoms with van der Waals surface area (Å²) < 4.78 is 6.01. The molecule has 8 heteroatoms. The van der Waals surface area contributed by atoms with Crippen molar-refractivity contribution in [3.63, 3.8) is 0 Å². The lowest BCUT2D eigenvalue weighted by Gasteiger charge is -2.16. The maximum atomic E-state index is 6.18. The second-order valence-electron chi connectivity index (χ2n) is 5.96. The average Bonchev–Trinajstić information content (AvgIpc) is 3.01. The molecule has 0 saturated heterocycles. The van der Waals surface area contributed by atoms with E-state index in [0.717, 1.165) is 27.8 Å². The Kier molecular flexibility index (Phi) is 3.22. The highest BCUT2D eigenvalue weighted by Crippen LogP contribution is 2.34. The minimum absolute atomic E-state index is 0.117. The van der Waals surface area contributed by atoms with E-state index in [0.29, 0.717) is 10.8 Å². The molecule has 0 bridgehead atoms. The van der Waals surface area contributed by atoms with Gasteiger partial charge in [0.1, 0.15) is 4.88 Å². The molecule has 0 amide bonds. The molecule has 110 valence electrons. The highest BCUT2D eigenvalue weighted by molar-refractivity contribution is 7.09. The normalized spacial score (nSPS) is 12.3. The lowest BCUT2D eigenvalue weighted by atomic mass is 9.91. The van der Waals surface area contributed by atoms with E-state index in [9.17, 15) is 0 Å². The van der Waals surface area contributed by atoms with Crippen molar-refractivity contribution in [3.8, 4) is 10.7 Å². The first-order valence-electron chi connectivity index (χ1n) is 6.51. The zero-order valence-electron chi connectivity index (χ0n) is 12.5. The van der Waals surface area contributed by atoms with Crippen molar-refractivity contribution >= 4 is 28.8 Å². The van der Waals surface area contributed by atoms with Crippen molar-refractivity contribution < 1.29 is 0 Å². The second-order valence-corrected chi connectivity index (χ2v) is 7.07. The number of aryl methyl sites for hydroxylation is 2. The van der Waals surface area contributed by atoms with Crippen LogP contribution in [0, 0.1) is 13.8 Å². The third-order valence-corrected chi connectivity index (χ3v) is 4.35. The molecule has 0 aliphatic carbocycles. The highest BCUT2D eigenvalue weighted by Gasteiger charge is 2.27. The number of halogens is 1. The van der Waals surface area contributed by atoms with E-state index < -0.39 is 0 Å². The largest absolute Gasteiger partial charge is 0.274 e. The number of nitrogens with zero attached hydrogens (tertiary/aromatic N) is 6. The Balaban J connectivity index is 2.35. The Morgan fingerprint density at radius 2 is 1.81 bits per heavy atom. The molecule has 0 atom stereocenters. The van der Waals surface area contributed by atoms with E-state index in [2.05, 4.69) is 45.5 Å². The van der Waals surface area contributed by atoms with E-state index in [1.807, 2.05) is 18.2 Å². The minimum Gasteiger partial charge on any atom is -0.274 e. The van der Waals surface area contributed by atoms with Gasteiger partial charge in [-0.15, -0.1) is 15.3 Å². The van der Waals surface area contributed by atoms with Crippen molar-refractivity contribution in [2.45, 2.75) is 40.0 Å². The molecule has 3 heterocycles. The number of rotatable bonds is 1. The summed E-state index contributed by atoms with van der Waals surface area (Å²) in [5.74, 6) is 0.717. The van der Waals surface area contributed by atoms with Crippen LogP contribution in [0.5, 0.6) is 0 Å². The van der Waals surface area contributed by atoms with E-state index in [1.165, 1.54) is 11.5 Å². The summed E-state index contributed by atoms with van der Waals surface area (Å²) in [6, 6.07) is 0. The van der Waals surface area contributed by atoms with E-state index in [4.69, 9.17) is 11.6 Å². The summed E-state index contributed by atoms with van der Waals surface area (Å²) >= 11 is 7.50. The molecule has 3 rings (SSSR count). The molecule has 3 aromatic rings. The first kappa shape index (κ1) is 14.3. The SMILES string of the molecule is Cc1nc(Cl)c2nnc(-c3snnc3C(C)(C)C)n2c1C. The Morgan fingerprint density at radius 1 is 1.10 bits per heavy atom. The first-order chi connectivity index (χ1) is 9.80. The van der Waals surface area contributed by atoms with Gasteiger partial charge in [0.25, 0.3) is 0 Å². The van der Waals surface area contributed by atoms with Crippen LogP contribution in [0.15, 0.2) is 0 Å². The minimum atomic E-state index is -0.117. The summed E-state index contributed by atoms with van der Waals surface area (Å²) in [7, 11) is 0. The average molecular weight is 323 g/mol. The van der Waals surface area contributed by atoms with Gasteiger partial charge in [0.2, 0.25) is 0 Å². The predicted octanol–water partition coefficient (Wildman–Crippen LogP) is 3.21. The van der Waals surface area contributed by atoms with Crippen LogP contribution in [0.4, 0.5) is 0 Å². The first-order valence-corrected chi connectivity index (χ1v) is 7.67. The van der Waals surface area contributed by atoms with Gasteiger partial charge in [-0.2, -0.15) is 0 Å². The third-order valence-electron chi connectivity index (χ3n) is 3.37. The van der Waals surface area contributed by atoms with Crippen LogP contribution in [0.3, 0.4) is 0 Å². The van der Waals surface area contributed by atoms with Crippen molar-refractivity contribution in [3.05, 3.63) is 22.2 Å². The number of hydrogen-bond acceptors (Lipinski definition) is 6. The number of fused-ring (bicyclic) bond motifs is 1. The van der Waals surface area contributed by atoms with Gasteiger partial charge in [-0.25, -0.2) is 4.98 Å². The van der Waals surface area contributed by atoms with Crippen LogP contribution >= 0.6 is 23.1 Å². The molecule has 6 nitrogen and oxygen atoms in total. The Bertz CT molecular complexity index is 829. The van der Waals surface area contributed by atoms with Gasteiger partial charge < -0.3 is 0 Å². The predicted molar refractivity (Wildman–Crippen MR) is 82.9 cm³/mol. The summed E-state index contributed by atoms with van der Waals surface area (Å²) in [5, 5.41) is 13.1. The van der Waals surface area contributed by atoms with Crippen molar-refractivity contribution in [1.29, 1.82) is 0 Å². The van der Waals surface area contributed by atoms with Crippen LogP contribution in [0.1, 0.15) is 37.9 Å². The zero-order valence-corrected chi connectivity index (χ0v) is 14.0. The molecule has 0 unspecified atom stereocenters. The van der Waals surface area contributed by atoms with Crippen LogP contribution in [0.25, 0.3) is 16.3 Å². The van der Waals surface area contributed by atoms with Crippen molar-refractivity contribution in [2.24, 2.45) is 0 Å². The highest BCUT2D eigenvalue weighted by atomic mass is 35.5. The second kappa shape index (κ2) is 4.71. The van der Waals surface area contributed by atoms with Gasteiger partial charge in [0.05, 0.1) is 11.4 Å². The molecule has 0 spiro atoms. The van der Waals surface area contributed by atoms with Crippen LogP contribution in [0.2, 0.25) is 5.15 Å². The fraction of sp³-hybridized carbons (Fsp3) is 0.462. The Morgan fingerprint density at radius 3 is 2.48 bits per heavy atom. The van der Waals surface area contributed by atoms with Gasteiger partial charge in [-0.1, -0.05) is 36.9 Å². The monoisotopic (exact) mass is 322 g/mol. The number of hydrogen-bond donors (Lipinski definition) is 0. The topological polar surface area (TPSA) is 68.9 Å². The molecule has 0 fully saturated rings. The molecule has 0 aliphatic rings. The van der Waals surface area contributed by atoms with Crippen LogP contribution in [-0.4, -0.2) is 29.2 Å². The third kappa shape index (κ3) is 2.20. The molecule has 0 radical (unpaired) electrons. The fourth-order valence-electron chi connectivity index (χ4n) is 2.15. The summed E-state index contributed by atoms with van der Waals surface area (Å²) in [5.41, 5.74) is 3.16. The fourth-order valence-corrected chi connectivity index (χ4v) is 3.25.